The van der Waals surface area contributed by atoms with Crippen LogP contribution in [0.15, 0.2) is 89.3 Å². The van der Waals surface area contributed by atoms with Crippen LogP contribution < -0.4 is 0 Å². The zero-order chi connectivity index (χ0) is 21.1. The van der Waals surface area contributed by atoms with E-state index >= 15 is 0 Å². The minimum absolute atomic E-state index is 0.228. The molecule has 1 aromatic heterocycles. The fraction of sp³-hybridized carbons (Fsp3) is 0.0769. The Labute approximate surface area is 179 Å². The minimum Gasteiger partial charge on any atom is -0.464 e. The molecular weight excluding hydrogens is 396 g/mol. The number of carbonyl (C=O) groups excluding carboxylic acids is 2. The van der Waals surface area contributed by atoms with Crippen LogP contribution >= 0.6 is 11.6 Å². The second-order valence-corrected chi connectivity index (χ2v) is 7.46. The molecule has 0 amide bonds. The third-order valence-electron chi connectivity index (χ3n) is 4.96. The lowest BCUT2D eigenvalue weighted by atomic mass is 9.92. The molecular formula is C26H19ClO3. The van der Waals surface area contributed by atoms with Crippen LogP contribution in [0.2, 0.25) is 5.02 Å². The van der Waals surface area contributed by atoms with Crippen LogP contribution in [0.4, 0.5) is 0 Å². The molecule has 0 atom stereocenters. The smallest absolute Gasteiger partial charge is 0.197 e. The minimum atomic E-state index is -0.256. The second kappa shape index (κ2) is 8.52. The van der Waals surface area contributed by atoms with Crippen molar-refractivity contribution in [2.45, 2.75) is 13.3 Å². The summed E-state index contributed by atoms with van der Waals surface area (Å²) < 4.78 is 5.99. The first-order chi connectivity index (χ1) is 14.5. The summed E-state index contributed by atoms with van der Waals surface area (Å²) in [6.07, 6.45) is 0.415. The van der Waals surface area contributed by atoms with Gasteiger partial charge in [-0.05, 0) is 36.8 Å². The number of carbonyl (C=O) groups is 2. The van der Waals surface area contributed by atoms with Gasteiger partial charge in [-0.15, -0.1) is 0 Å². The van der Waals surface area contributed by atoms with Crippen LogP contribution in [0, 0.1) is 6.92 Å². The van der Waals surface area contributed by atoms with E-state index in [1.807, 2.05) is 36.4 Å². The summed E-state index contributed by atoms with van der Waals surface area (Å²) in [5.41, 5.74) is 2.59. The van der Waals surface area contributed by atoms with Gasteiger partial charge in [-0.1, -0.05) is 72.3 Å². The van der Waals surface area contributed by atoms with Crippen molar-refractivity contribution in [2.75, 3.05) is 0 Å². The Morgan fingerprint density at radius 1 is 0.733 bits per heavy atom. The Kier molecular flexibility index (Phi) is 5.64. The Balaban J connectivity index is 1.86. The first kappa shape index (κ1) is 19.9. The van der Waals surface area contributed by atoms with Gasteiger partial charge in [-0.25, -0.2) is 0 Å². The lowest BCUT2D eigenvalue weighted by Crippen LogP contribution is -2.12. The molecule has 0 radical (unpaired) electrons. The van der Waals surface area contributed by atoms with Crippen molar-refractivity contribution in [3.05, 3.63) is 129 Å². The van der Waals surface area contributed by atoms with Crippen LogP contribution in [-0.2, 0) is 6.42 Å². The maximum Gasteiger partial charge on any atom is 0.197 e. The van der Waals surface area contributed by atoms with Crippen LogP contribution in [0.5, 0.6) is 0 Å². The third kappa shape index (κ3) is 3.98. The largest absolute Gasteiger partial charge is 0.464 e. The topological polar surface area (TPSA) is 47.3 Å². The van der Waals surface area contributed by atoms with E-state index in [1.165, 1.54) is 0 Å². The van der Waals surface area contributed by atoms with E-state index in [-0.39, 0.29) is 11.6 Å². The van der Waals surface area contributed by atoms with Gasteiger partial charge in [0, 0.05) is 22.6 Å². The lowest BCUT2D eigenvalue weighted by molar-refractivity contribution is 0.100. The molecule has 3 aromatic carbocycles. The molecule has 3 nitrogen and oxygen atoms in total. The number of aryl methyl sites for hydroxylation is 1. The molecule has 0 spiro atoms. The van der Waals surface area contributed by atoms with E-state index in [2.05, 4.69) is 0 Å². The first-order valence-corrected chi connectivity index (χ1v) is 9.98. The number of hydrogen-bond donors (Lipinski definition) is 0. The van der Waals surface area contributed by atoms with Crippen molar-refractivity contribution < 1.29 is 14.0 Å². The number of rotatable bonds is 6. The highest BCUT2D eigenvalue weighted by Gasteiger charge is 2.29. The van der Waals surface area contributed by atoms with Gasteiger partial charge in [0.25, 0.3) is 0 Å². The van der Waals surface area contributed by atoms with E-state index in [4.69, 9.17) is 16.0 Å². The van der Waals surface area contributed by atoms with Gasteiger partial charge < -0.3 is 4.42 Å². The standard InChI is InChI=1S/C26H19ClO3/c1-17-23(25(28)19-10-6-3-7-11-19)24(26(29)20-12-14-21(27)15-13-20)22(30-17)16-18-8-4-2-5-9-18/h2-15H,16H2,1H3. The summed E-state index contributed by atoms with van der Waals surface area (Å²) >= 11 is 5.98. The fourth-order valence-electron chi connectivity index (χ4n) is 3.50. The monoisotopic (exact) mass is 414 g/mol. The van der Waals surface area contributed by atoms with Crippen molar-refractivity contribution in [3.8, 4) is 0 Å². The predicted octanol–water partition coefficient (Wildman–Crippen LogP) is 6.29. The molecule has 148 valence electrons. The van der Waals surface area contributed by atoms with Crippen molar-refractivity contribution in [1.82, 2.24) is 0 Å². The van der Waals surface area contributed by atoms with Gasteiger partial charge >= 0.3 is 0 Å². The number of benzene rings is 3. The van der Waals surface area contributed by atoms with Crippen LogP contribution in [0.3, 0.4) is 0 Å². The molecule has 0 aliphatic rings. The molecule has 0 bridgehead atoms. The van der Waals surface area contributed by atoms with E-state index in [0.29, 0.717) is 45.2 Å². The second-order valence-electron chi connectivity index (χ2n) is 7.02. The van der Waals surface area contributed by atoms with Crippen LogP contribution in [0.1, 0.15) is 48.9 Å². The molecule has 0 saturated heterocycles. The lowest BCUT2D eigenvalue weighted by Gasteiger charge is -2.07. The molecule has 0 N–H and O–H groups in total. The maximum atomic E-state index is 13.5. The van der Waals surface area contributed by atoms with Gasteiger partial charge in [-0.3, -0.25) is 9.59 Å². The van der Waals surface area contributed by atoms with Gasteiger partial charge in [0.15, 0.2) is 11.6 Å². The Morgan fingerprint density at radius 2 is 1.27 bits per heavy atom. The zero-order valence-electron chi connectivity index (χ0n) is 16.4. The molecule has 4 heteroatoms. The molecule has 0 unspecified atom stereocenters. The zero-order valence-corrected chi connectivity index (χ0v) is 17.1. The molecule has 0 aliphatic carbocycles. The fourth-order valence-corrected chi connectivity index (χ4v) is 3.63. The first-order valence-electron chi connectivity index (χ1n) is 9.61. The normalized spacial score (nSPS) is 10.7. The van der Waals surface area contributed by atoms with Gasteiger partial charge in [0.05, 0.1) is 11.1 Å². The molecule has 4 aromatic rings. The molecule has 0 fully saturated rings. The predicted molar refractivity (Wildman–Crippen MR) is 117 cm³/mol. The van der Waals surface area contributed by atoms with Crippen molar-refractivity contribution >= 4 is 23.2 Å². The number of hydrogen-bond acceptors (Lipinski definition) is 3. The van der Waals surface area contributed by atoms with Gasteiger partial charge in [0.2, 0.25) is 0 Å². The molecule has 0 aliphatic heterocycles. The Hall–Kier alpha value is -3.43. The number of halogens is 1. The summed E-state index contributed by atoms with van der Waals surface area (Å²) in [4.78, 5) is 26.8. The van der Waals surface area contributed by atoms with Crippen molar-refractivity contribution in [1.29, 1.82) is 0 Å². The third-order valence-corrected chi connectivity index (χ3v) is 5.21. The molecule has 4 rings (SSSR count). The molecule has 30 heavy (non-hydrogen) atoms. The SMILES string of the molecule is Cc1oc(Cc2ccccc2)c(C(=O)c2ccc(Cl)cc2)c1C(=O)c1ccccc1. The van der Waals surface area contributed by atoms with Crippen LogP contribution in [0.25, 0.3) is 0 Å². The average molecular weight is 415 g/mol. The van der Waals surface area contributed by atoms with E-state index < -0.39 is 0 Å². The highest BCUT2D eigenvalue weighted by molar-refractivity contribution is 6.30. The van der Waals surface area contributed by atoms with E-state index in [9.17, 15) is 9.59 Å². The summed E-state index contributed by atoms with van der Waals surface area (Å²) in [5.74, 6) is 0.437. The summed E-state index contributed by atoms with van der Waals surface area (Å²) in [6.45, 7) is 1.73. The van der Waals surface area contributed by atoms with Crippen molar-refractivity contribution in [3.63, 3.8) is 0 Å². The number of ketones is 2. The highest BCUT2D eigenvalue weighted by atomic mass is 35.5. The van der Waals surface area contributed by atoms with Crippen molar-refractivity contribution in [2.24, 2.45) is 0 Å². The number of furan rings is 1. The summed E-state index contributed by atoms with van der Waals surface area (Å²) in [5, 5.41) is 0.542. The highest BCUT2D eigenvalue weighted by Crippen LogP contribution is 2.30. The quantitative estimate of drug-likeness (QED) is 0.348. The van der Waals surface area contributed by atoms with Gasteiger partial charge in [-0.2, -0.15) is 0 Å². The molecule has 1 heterocycles. The van der Waals surface area contributed by atoms with E-state index in [1.54, 1.807) is 55.5 Å². The van der Waals surface area contributed by atoms with Gasteiger partial charge in [0.1, 0.15) is 11.5 Å². The van der Waals surface area contributed by atoms with Crippen LogP contribution in [-0.4, -0.2) is 11.6 Å². The molecule has 0 saturated carbocycles. The average Bonchev–Trinajstić information content (AvgIpc) is 3.10. The summed E-state index contributed by atoms with van der Waals surface area (Å²) in [7, 11) is 0. The Bertz CT molecular complexity index is 1190. The summed E-state index contributed by atoms with van der Waals surface area (Å²) in [6, 6.07) is 25.3. The van der Waals surface area contributed by atoms with E-state index in [0.717, 1.165) is 5.56 Å². The maximum absolute atomic E-state index is 13.5. The Morgan fingerprint density at radius 3 is 1.90 bits per heavy atom.